The van der Waals surface area contributed by atoms with Crippen molar-refractivity contribution in [1.29, 1.82) is 0 Å². The largest absolute Gasteiger partial charge is 0.231 e. The molecule has 2 heterocycles. The van der Waals surface area contributed by atoms with Crippen LogP contribution in [0.5, 0.6) is 0 Å². The molecule has 0 aliphatic carbocycles. The van der Waals surface area contributed by atoms with Gasteiger partial charge in [0.2, 0.25) is 0 Å². The second-order valence-corrected chi connectivity index (χ2v) is 5.83. The number of halogens is 1. The van der Waals surface area contributed by atoms with E-state index in [1.54, 1.807) is 6.20 Å². The molecule has 0 radical (unpaired) electrons. The average molecular weight is 307 g/mol. The SMILES string of the molecule is Brc1nccc(-c2ccc3c(c2)CCCS3)n1. The molecular weight excluding hydrogens is 296 g/mol. The molecule has 0 unspecified atom stereocenters. The summed E-state index contributed by atoms with van der Waals surface area (Å²) in [6.07, 6.45) is 4.23. The number of fused-ring (bicyclic) bond motifs is 1. The number of aryl methyl sites for hydroxylation is 1. The molecule has 0 atom stereocenters. The van der Waals surface area contributed by atoms with E-state index in [2.05, 4.69) is 44.1 Å². The number of rotatable bonds is 1. The molecule has 0 amide bonds. The minimum Gasteiger partial charge on any atom is -0.231 e. The molecule has 1 aromatic carbocycles. The zero-order valence-corrected chi connectivity index (χ0v) is 11.6. The van der Waals surface area contributed by atoms with Crippen LogP contribution >= 0.6 is 27.7 Å². The van der Waals surface area contributed by atoms with E-state index in [0.29, 0.717) is 4.73 Å². The molecule has 2 aromatic rings. The normalized spacial score (nSPS) is 14.4. The van der Waals surface area contributed by atoms with Crippen molar-refractivity contribution in [2.24, 2.45) is 0 Å². The van der Waals surface area contributed by atoms with Crippen LogP contribution in [0, 0.1) is 0 Å². The molecule has 1 aliphatic rings. The zero-order chi connectivity index (χ0) is 11.7. The fraction of sp³-hybridized carbons (Fsp3) is 0.231. The summed E-state index contributed by atoms with van der Waals surface area (Å²) in [5, 5.41) is 0. The van der Waals surface area contributed by atoms with Gasteiger partial charge < -0.3 is 0 Å². The molecule has 17 heavy (non-hydrogen) atoms. The Hall–Kier alpha value is -0.870. The van der Waals surface area contributed by atoms with Crippen molar-refractivity contribution >= 4 is 27.7 Å². The van der Waals surface area contributed by atoms with Crippen LogP contribution in [0.25, 0.3) is 11.3 Å². The predicted octanol–water partition coefficient (Wildman–Crippen LogP) is 3.94. The highest BCUT2D eigenvalue weighted by atomic mass is 79.9. The summed E-state index contributed by atoms with van der Waals surface area (Å²) in [5.41, 5.74) is 3.60. The average Bonchev–Trinajstić information content (AvgIpc) is 2.38. The van der Waals surface area contributed by atoms with Gasteiger partial charge in [-0.25, -0.2) is 9.97 Å². The lowest BCUT2D eigenvalue weighted by Gasteiger charge is -2.15. The zero-order valence-electron chi connectivity index (χ0n) is 9.19. The molecule has 2 nitrogen and oxygen atoms in total. The first-order valence-electron chi connectivity index (χ1n) is 5.57. The molecule has 1 aromatic heterocycles. The van der Waals surface area contributed by atoms with Crippen LogP contribution in [0.15, 0.2) is 40.1 Å². The molecule has 0 N–H and O–H groups in total. The fourth-order valence-electron chi connectivity index (χ4n) is 2.02. The number of benzene rings is 1. The van der Waals surface area contributed by atoms with E-state index in [0.717, 1.165) is 5.69 Å². The van der Waals surface area contributed by atoms with E-state index in [9.17, 15) is 0 Å². The van der Waals surface area contributed by atoms with Crippen LogP contribution in [0.4, 0.5) is 0 Å². The maximum atomic E-state index is 4.39. The minimum atomic E-state index is 0.641. The van der Waals surface area contributed by atoms with Gasteiger partial charge in [0.15, 0.2) is 4.73 Å². The lowest BCUT2D eigenvalue weighted by molar-refractivity contribution is 0.890. The molecule has 0 saturated heterocycles. The molecule has 0 fully saturated rings. The molecule has 86 valence electrons. The van der Waals surface area contributed by atoms with Crippen molar-refractivity contribution in [2.45, 2.75) is 17.7 Å². The Morgan fingerprint density at radius 1 is 1.24 bits per heavy atom. The Kier molecular flexibility index (Phi) is 3.16. The van der Waals surface area contributed by atoms with Crippen molar-refractivity contribution in [1.82, 2.24) is 9.97 Å². The second-order valence-electron chi connectivity index (χ2n) is 3.99. The lowest BCUT2D eigenvalue weighted by atomic mass is 10.0. The summed E-state index contributed by atoms with van der Waals surface area (Å²) in [6.45, 7) is 0. The van der Waals surface area contributed by atoms with Gasteiger partial charge in [-0.1, -0.05) is 6.07 Å². The first-order valence-corrected chi connectivity index (χ1v) is 7.35. The lowest BCUT2D eigenvalue weighted by Crippen LogP contribution is -1.98. The third-order valence-electron chi connectivity index (χ3n) is 2.83. The molecule has 4 heteroatoms. The van der Waals surface area contributed by atoms with E-state index >= 15 is 0 Å². The first-order chi connectivity index (χ1) is 8.33. The molecule has 3 rings (SSSR count). The number of thioether (sulfide) groups is 1. The van der Waals surface area contributed by atoms with E-state index in [4.69, 9.17) is 0 Å². The van der Waals surface area contributed by atoms with Gasteiger partial charge in [-0.15, -0.1) is 11.8 Å². The summed E-state index contributed by atoms with van der Waals surface area (Å²) < 4.78 is 0.641. The quantitative estimate of drug-likeness (QED) is 0.746. The van der Waals surface area contributed by atoms with Gasteiger partial charge in [0.25, 0.3) is 0 Å². The highest BCUT2D eigenvalue weighted by Gasteiger charge is 2.11. The second kappa shape index (κ2) is 4.78. The summed E-state index contributed by atoms with van der Waals surface area (Å²) >= 11 is 5.26. The molecule has 0 spiro atoms. The smallest absolute Gasteiger partial charge is 0.197 e. The van der Waals surface area contributed by atoms with Gasteiger partial charge in [0.1, 0.15) is 0 Å². The fourth-order valence-corrected chi connectivity index (χ4v) is 3.34. The van der Waals surface area contributed by atoms with Gasteiger partial charge in [0.05, 0.1) is 5.69 Å². The van der Waals surface area contributed by atoms with E-state index < -0.39 is 0 Å². The predicted molar refractivity (Wildman–Crippen MR) is 74.2 cm³/mol. The third kappa shape index (κ3) is 2.38. The van der Waals surface area contributed by atoms with Crippen LogP contribution in [-0.2, 0) is 6.42 Å². The third-order valence-corrected chi connectivity index (χ3v) is 4.41. The van der Waals surface area contributed by atoms with Gasteiger partial charge >= 0.3 is 0 Å². The Morgan fingerprint density at radius 3 is 3.06 bits per heavy atom. The Labute approximate surface area is 113 Å². The molecule has 1 aliphatic heterocycles. The van der Waals surface area contributed by atoms with Crippen molar-refractivity contribution in [3.8, 4) is 11.3 Å². The topological polar surface area (TPSA) is 25.8 Å². The summed E-state index contributed by atoms with van der Waals surface area (Å²) in [4.78, 5) is 9.87. The van der Waals surface area contributed by atoms with E-state index in [1.807, 2.05) is 17.8 Å². The summed E-state index contributed by atoms with van der Waals surface area (Å²) in [5.74, 6) is 1.24. The Morgan fingerprint density at radius 2 is 2.18 bits per heavy atom. The van der Waals surface area contributed by atoms with Crippen LogP contribution in [0.3, 0.4) is 0 Å². The molecule has 0 bridgehead atoms. The first kappa shape index (κ1) is 11.2. The van der Waals surface area contributed by atoms with Crippen molar-refractivity contribution in [3.05, 3.63) is 40.8 Å². The number of nitrogens with zero attached hydrogens (tertiary/aromatic N) is 2. The van der Waals surface area contributed by atoms with Crippen molar-refractivity contribution in [2.75, 3.05) is 5.75 Å². The van der Waals surface area contributed by atoms with E-state index in [-0.39, 0.29) is 0 Å². The Balaban J connectivity index is 2.04. The van der Waals surface area contributed by atoms with Gasteiger partial charge in [0, 0.05) is 16.7 Å². The van der Waals surface area contributed by atoms with Crippen LogP contribution < -0.4 is 0 Å². The molecule has 0 saturated carbocycles. The van der Waals surface area contributed by atoms with Crippen LogP contribution in [0.1, 0.15) is 12.0 Å². The standard InChI is InChI=1S/C13H11BrN2S/c14-13-15-6-5-11(16-13)9-3-4-12-10(8-9)2-1-7-17-12/h3-6,8H,1-2,7H2. The Bertz CT molecular complexity index is 557. The highest BCUT2D eigenvalue weighted by Crippen LogP contribution is 2.32. The van der Waals surface area contributed by atoms with E-state index in [1.165, 1.54) is 34.6 Å². The number of hydrogen-bond acceptors (Lipinski definition) is 3. The monoisotopic (exact) mass is 306 g/mol. The van der Waals surface area contributed by atoms with Crippen LogP contribution in [-0.4, -0.2) is 15.7 Å². The van der Waals surface area contributed by atoms with Crippen molar-refractivity contribution < 1.29 is 0 Å². The van der Waals surface area contributed by atoms with Gasteiger partial charge in [-0.3, -0.25) is 0 Å². The summed E-state index contributed by atoms with van der Waals surface area (Å²) in [7, 11) is 0. The maximum Gasteiger partial charge on any atom is 0.197 e. The number of hydrogen-bond donors (Lipinski definition) is 0. The maximum absolute atomic E-state index is 4.39. The van der Waals surface area contributed by atoms with Crippen molar-refractivity contribution in [3.63, 3.8) is 0 Å². The minimum absolute atomic E-state index is 0.641. The van der Waals surface area contributed by atoms with Gasteiger partial charge in [-0.2, -0.15) is 0 Å². The van der Waals surface area contributed by atoms with Crippen LogP contribution in [0.2, 0.25) is 0 Å². The summed E-state index contributed by atoms with van der Waals surface area (Å²) in [6, 6.07) is 8.56. The molecular formula is C13H11BrN2S. The highest BCUT2D eigenvalue weighted by molar-refractivity contribution is 9.10. The number of aromatic nitrogens is 2. The van der Waals surface area contributed by atoms with Gasteiger partial charge in [-0.05, 0) is 58.3 Å².